The molecule has 9 nitrogen and oxygen atoms in total. The zero-order valence-corrected chi connectivity index (χ0v) is 15.1. The normalized spacial score (nSPS) is 10.6. The number of aliphatic hydroxyl groups is 1. The third-order valence-electron chi connectivity index (χ3n) is 4.04. The lowest BCUT2D eigenvalue weighted by molar-refractivity contribution is -0.384. The van der Waals surface area contributed by atoms with Crippen molar-refractivity contribution in [1.29, 1.82) is 0 Å². The van der Waals surface area contributed by atoms with Gasteiger partial charge in [0.1, 0.15) is 6.61 Å². The maximum absolute atomic E-state index is 12.6. The highest BCUT2D eigenvalue weighted by molar-refractivity contribution is 5.96. The monoisotopic (exact) mass is 382 g/mol. The highest BCUT2D eigenvalue weighted by Crippen LogP contribution is 2.23. The van der Waals surface area contributed by atoms with Gasteiger partial charge in [0.25, 0.3) is 5.69 Å². The SMILES string of the molecule is Cc1nc2ccccc2nc1COC(=O)c1cc([N+](=O)[O-])ccc1NCCO. The fourth-order valence-electron chi connectivity index (χ4n) is 2.63. The highest BCUT2D eigenvalue weighted by Gasteiger charge is 2.19. The summed E-state index contributed by atoms with van der Waals surface area (Å²) in [6.07, 6.45) is 0. The average molecular weight is 382 g/mol. The number of aromatic nitrogens is 2. The highest BCUT2D eigenvalue weighted by atomic mass is 16.6. The summed E-state index contributed by atoms with van der Waals surface area (Å²) >= 11 is 0. The Bertz CT molecular complexity index is 1040. The quantitative estimate of drug-likeness (QED) is 0.363. The second-order valence-electron chi connectivity index (χ2n) is 5.96. The molecule has 0 radical (unpaired) electrons. The van der Waals surface area contributed by atoms with Gasteiger partial charge < -0.3 is 15.2 Å². The number of benzene rings is 2. The van der Waals surface area contributed by atoms with Crippen molar-refractivity contribution < 1.29 is 19.6 Å². The zero-order chi connectivity index (χ0) is 20.1. The van der Waals surface area contributed by atoms with Gasteiger partial charge in [-0.15, -0.1) is 0 Å². The van der Waals surface area contributed by atoms with Gasteiger partial charge in [-0.1, -0.05) is 12.1 Å². The summed E-state index contributed by atoms with van der Waals surface area (Å²) in [7, 11) is 0. The smallest absolute Gasteiger partial charge is 0.340 e. The van der Waals surface area contributed by atoms with E-state index < -0.39 is 10.9 Å². The van der Waals surface area contributed by atoms with Gasteiger partial charge in [-0.2, -0.15) is 0 Å². The molecule has 0 aliphatic rings. The van der Waals surface area contributed by atoms with Gasteiger partial charge >= 0.3 is 5.97 Å². The summed E-state index contributed by atoms with van der Waals surface area (Å²) < 4.78 is 5.33. The maximum atomic E-state index is 12.6. The van der Waals surface area contributed by atoms with Gasteiger partial charge in [-0.3, -0.25) is 10.1 Å². The number of nitro groups is 1. The molecule has 9 heteroatoms. The van der Waals surface area contributed by atoms with Crippen LogP contribution < -0.4 is 5.32 Å². The first-order valence-corrected chi connectivity index (χ1v) is 8.52. The lowest BCUT2D eigenvalue weighted by Crippen LogP contribution is -2.13. The molecule has 0 spiro atoms. The molecule has 2 aromatic carbocycles. The molecule has 2 N–H and O–H groups in total. The van der Waals surface area contributed by atoms with Gasteiger partial charge in [-0.25, -0.2) is 14.8 Å². The summed E-state index contributed by atoms with van der Waals surface area (Å²) in [5, 5.41) is 22.8. The van der Waals surface area contributed by atoms with Gasteiger partial charge in [0.2, 0.25) is 0 Å². The van der Waals surface area contributed by atoms with Crippen LogP contribution in [0.3, 0.4) is 0 Å². The number of esters is 1. The Kier molecular flexibility index (Phi) is 5.75. The van der Waals surface area contributed by atoms with Crippen LogP contribution in [0.4, 0.5) is 11.4 Å². The van der Waals surface area contributed by atoms with Crippen LogP contribution in [-0.2, 0) is 11.3 Å². The molecule has 0 saturated carbocycles. The van der Waals surface area contributed by atoms with Crippen LogP contribution in [-0.4, -0.2) is 39.1 Å². The Morgan fingerprint density at radius 3 is 2.61 bits per heavy atom. The molecule has 0 amide bonds. The summed E-state index contributed by atoms with van der Waals surface area (Å²) in [4.78, 5) is 31.9. The Morgan fingerprint density at radius 2 is 1.93 bits per heavy atom. The Hall–Kier alpha value is -3.59. The number of non-ortho nitro benzene ring substituents is 1. The zero-order valence-electron chi connectivity index (χ0n) is 15.1. The average Bonchev–Trinajstić information content (AvgIpc) is 2.70. The number of para-hydroxylation sites is 2. The number of hydrogen-bond donors (Lipinski definition) is 2. The van der Waals surface area contributed by atoms with Crippen LogP contribution in [0.2, 0.25) is 0 Å². The van der Waals surface area contributed by atoms with E-state index in [1.807, 2.05) is 24.3 Å². The van der Waals surface area contributed by atoms with Gasteiger partial charge in [-0.05, 0) is 25.1 Å². The van der Waals surface area contributed by atoms with E-state index in [0.717, 1.165) is 11.6 Å². The number of anilines is 1. The molecule has 0 bridgehead atoms. The van der Waals surface area contributed by atoms with Crippen molar-refractivity contribution in [3.63, 3.8) is 0 Å². The third kappa shape index (κ3) is 4.21. The molecule has 0 unspecified atom stereocenters. The molecular formula is C19H18N4O5. The standard InChI is InChI=1S/C19H18N4O5/c1-12-18(22-17-5-3-2-4-16(17)21-12)11-28-19(25)14-10-13(23(26)27)6-7-15(14)20-8-9-24/h2-7,10,20,24H,8-9,11H2,1H3. The van der Waals surface area contributed by atoms with Crippen molar-refractivity contribution in [1.82, 2.24) is 9.97 Å². The van der Waals surface area contributed by atoms with Crippen LogP contribution in [0.1, 0.15) is 21.7 Å². The number of nitro benzene ring substituents is 1. The van der Waals surface area contributed by atoms with Crippen molar-refractivity contribution >= 4 is 28.4 Å². The summed E-state index contributed by atoms with van der Waals surface area (Å²) in [6, 6.07) is 11.2. The second-order valence-corrected chi connectivity index (χ2v) is 5.96. The van der Waals surface area contributed by atoms with Crippen molar-refractivity contribution in [3.05, 3.63) is 69.5 Å². The van der Waals surface area contributed by atoms with Gasteiger partial charge in [0.15, 0.2) is 0 Å². The number of nitrogens with zero attached hydrogens (tertiary/aromatic N) is 3. The van der Waals surface area contributed by atoms with Crippen molar-refractivity contribution in [2.24, 2.45) is 0 Å². The van der Waals surface area contributed by atoms with Gasteiger partial charge in [0.05, 0.1) is 39.5 Å². The van der Waals surface area contributed by atoms with Crippen LogP contribution in [0, 0.1) is 17.0 Å². The van der Waals surface area contributed by atoms with E-state index in [4.69, 9.17) is 9.84 Å². The first kappa shape index (κ1) is 19.2. The second kappa shape index (κ2) is 8.40. The predicted molar refractivity (Wildman–Crippen MR) is 102 cm³/mol. The maximum Gasteiger partial charge on any atom is 0.340 e. The Balaban J connectivity index is 1.83. The molecular weight excluding hydrogens is 364 g/mol. The molecule has 1 heterocycles. The minimum atomic E-state index is -0.738. The van der Waals surface area contributed by atoms with Crippen LogP contribution in [0.5, 0.6) is 0 Å². The van der Waals surface area contributed by atoms with E-state index in [-0.39, 0.29) is 31.0 Å². The first-order chi connectivity index (χ1) is 13.5. The van der Waals surface area contributed by atoms with Crippen molar-refractivity contribution in [2.75, 3.05) is 18.5 Å². The molecule has 0 saturated heterocycles. The number of fused-ring (bicyclic) bond motifs is 1. The van der Waals surface area contributed by atoms with Crippen molar-refractivity contribution in [3.8, 4) is 0 Å². The number of nitrogens with one attached hydrogen (secondary N) is 1. The third-order valence-corrected chi connectivity index (χ3v) is 4.04. The minimum Gasteiger partial charge on any atom is -0.455 e. The van der Waals surface area contributed by atoms with E-state index in [1.54, 1.807) is 6.92 Å². The number of carbonyl (C=O) groups is 1. The van der Waals surface area contributed by atoms with Crippen LogP contribution in [0.15, 0.2) is 42.5 Å². The van der Waals surface area contributed by atoms with E-state index >= 15 is 0 Å². The van der Waals surface area contributed by atoms with E-state index in [9.17, 15) is 14.9 Å². The Labute approximate surface area is 160 Å². The number of aliphatic hydroxyl groups excluding tert-OH is 1. The number of rotatable bonds is 7. The fourth-order valence-corrected chi connectivity index (χ4v) is 2.63. The van der Waals surface area contributed by atoms with Gasteiger partial charge in [0, 0.05) is 24.4 Å². The number of ether oxygens (including phenoxy) is 1. The molecule has 144 valence electrons. The summed E-state index contributed by atoms with van der Waals surface area (Å²) in [6.45, 7) is 1.68. The predicted octanol–water partition coefficient (Wildman–Crippen LogP) is 2.61. The number of aryl methyl sites for hydroxylation is 1. The molecule has 28 heavy (non-hydrogen) atoms. The lowest BCUT2D eigenvalue weighted by atomic mass is 10.1. The summed E-state index contributed by atoms with van der Waals surface area (Å²) in [5.74, 6) is -0.738. The Morgan fingerprint density at radius 1 is 1.21 bits per heavy atom. The molecule has 0 aliphatic heterocycles. The molecule has 3 aromatic rings. The van der Waals surface area contributed by atoms with Crippen LogP contribution in [0.25, 0.3) is 11.0 Å². The molecule has 1 aromatic heterocycles. The molecule has 0 fully saturated rings. The molecule has 3 rings (SSSR count). The van der Waals surface area contributed by atoms with E-state index in [2.05, 4.69) is 15.3 Å². The van der Waals surface area contributed by atoms with Crippen molar-refractivity contribution in [2.45, 2.75) is 13.5 Å². The molecule has 0 aliphatic carbocycles. The van der Waals surface area contributed by atoms with E-state index in [0.29, 0.717) is 22.6 Å². The van der Waals surface area contributed by atoms with Crippen LogP contribution >= 0.6 is 0 Å². The first-order valence-electron chi connectivity index (χ1n) is 8.52. The molecule has 0 atom stereocenters. The van der Waals surface area contributed by atoms with E-state index in [1.165, 1.54) is 12.1 Å². The number of carbonyl (C=O) groups excluding carboxylic acids is 1. The largest absolute Gasteiger partial charge is 0.455 e. The summed E-state index contributed by atoms with van der Waals surface area (Å²) in [5.41, 5.74) is 2.67. The fraction of sp³-hybridized carbons (Fsp3) is 0.211. The number of hydrogen-bond acceptors (Lipinski definition) is 8. The minimum absolute atomic E-state index is 0.00838. The topological polar surface area (TPSA) is 127 Å². The lowest BCUT2D eigenvalue weighted by Gasteiger charge is -2.12.